The van der Waals surface area contributed by atoms with Crippen LogP contribution >= 0.6 is 11.6 Å². The first-order valence-electron chi connectivity index (χ1n) is 5.76. The highest BCUT2D eigenvalue weighted by molar-refractivity contribution is 6.31. The SMILES string of the molecule is Cc1cc(CNC2(CO)CCC2)ccc1Cl. The molecule has 0 atom stereocenters. The largest absolute Gasteiger partial charge is 0.394 e. The second kappa shape index (κ2) is 4.74. The lowest BCUT2D eigenvalue weighted by Crippen LogP contribution is -2.53. The Kier molecular flexibility index (Phi) is 3.53. The summed E-state index contributed by atoms with van der Waals surface area (Å²) in [7, 11) is 0. The maximum Gasteiger partial charge on any atom is 0.0613 e. The Bertz CT molecular complexity index is 369. The summed E-state index contributed by atoms with van der Waals surface area (Å²) in [6.07, 6.45) is 3.37. The van der Waals surface area contributed by atoms with Crippen LogP contribution in [0.5, 0.6) is 0 Å². The normalized spacial score (nSPS) is 18.2. The highest BCUT2D eigenvalue weighted by Crippen LogP contribution is 2.31. The van der Waals surface area contributed by atoms with Gasteiger partial charge in [-0.2, -0.15) is 0 Å². The third kappa shape index (κ3) is 2.40. The van der Waals surface area contributed by atoms with Crippen molar-refractivity contribution in [2.75, 3.05) is 6.61 Å². The van der Waals surface area contributed by atoms with Crippen LogP contribution in [0.3, 0.4) is 0 Å². The minimum absolute atomic E-state index is 0.0203. The Balaban J connectivity index is 1.96. The first-order chi connectivity index (χ1) is 7.65. The lowest BCUT2D eigenvalue weighted by molar-refractivity contribution is 0.0872. The van der Waals surface area contributed by atoms with Gasteiger partial charge < -0.3 is 10.4 Å². The summed E-state index contributed by atoms with van der Waals surface area (Å²) in [5, 5.41) is 13.6. The molecule has 2 N–H and O–H groups in total. The van der Waals surface area contributed by atoms with E-state index in [1.807, 2.05) is 19.1 Å². The highest BCUT2D eigenvalue weighted by Gasteiger charge is 2.35. The van der Waals surface area contributed by atoms with E-state index in [0.29, 0.717) is 0 Å². The number of benzene rings is 1. The van der Waals surface area contributed by atoms with Gasteiger partial charge in [0, 0.05) is 17.1 Å². The number of hydrogen-bond donors (Lipinski definition) is 2. The molecule has 0 heterocycles. The zero-order valence-corrected chi connectivity index (χ0v) is 10.3. The number of nitrogens with one attached hydrogen (secondary N) is 1. The lowest BCUT2D eigenvalue weighted by atomic mass is 9.77. The van der Waals surface area contributed by atoms with E-state index in [9.17, 15) is 5.11 Å². The number of hydrogen-bond acceptors (Lipinski definition) is 2. The summed E-state index contributed by atoms with van der Waals surface area (Å²) >= 11 is 5.98. The minimum Gasteiger partial charge on any atom is -0.394 e. The molecule has 0 radical (unpaired) electrons. The number of rotatable bonds is 4. The Morgan fingerprint density at radius 1 is 1.44 bits per heavy atom. The van der Waals surface area contributed by atoms with E-state index in [0.717, 1.165) is 30.0 Å². The Morgan fingerprint density at radius 2 is 2.19 bits per heavy atom. The van der Waals surface area contributed by atoms with Crippen LogP contribution in [0.15, 0.2) is 18.2 Å². The summed E-state index contributed by atoms with van der Waals surface area (Å²) in [4.78, 5) is 0. The van der Waals surface area contributed by atoms with Gasteiger partial charge in [0.15, 0.2) is 0 Å². The smallest absolute Gasteiger partial charge is 0.0613 e. The van der Waals surface area contributed by atoms with Gasteiger partial charge in [-0.3, -0.25) is 0 Å². The zero-order valence-electron chi connectivity index (χ0n) is 9.59. The van der Waals surface area contributed by atoms with E-state index in [2.05, 4.69) is 11.4 Å². The maximum absolute atomic E-state index is 9.33. The van der Waals surface area contributed by atoms with Gasteiger partial charge in [-0.15, -0.1) is 0 Å². The van der Waals surface area contributed by atoms with Crippen LogP contribution in [0.1, 0.15) is 30.4 Å². The molecule has 2 rings (SSSR count). The summed E-state index contributed by atoms with van der Waals surface area (Å²) in [5.41, 5.74) is 2.31. The molecule has 1 aliphatic carbocycles. The molecule has 0 amide bonds. The Hall–Kier alpha value is -0.570. The van der Waals surface area contributed by atoms with Crippen molar-refractivity contribution in [3.05, 3.63) is 34.3 Å². The molecule has 1 saturated carbocycles. The Morgan fingerprint density at radius 3 is 2.69 bits per heavy atom. The van der Waals surface area contributed by atoms with Gasteiger partial charge in [0.25, 0.3) is 0 Å². The zero-order chi connectivity index (χ0) is 11.6. The van der Waals surface area contributed by atoms with Crippen molar-refractivity contribution in [3.8, 4) is 0 Å². The summed E-state index contributed by atoms with van der Waals surface area (Å²) in [6.45, 7) is 3.05. The van der Waals surface area contributed by atoms with Crippen molar-refractivity contribution < 1.29 is 5.11 Å². The third-order valence-electron chi connectivity index (χ3n) is 3.50. The van der Waals surface area contributed by atoms with Crippen molar-refractivity contribution in [1.29, 1.82) is 0 Å². The molecular weight excluding hydrogens is 222 g/mol. The number of aryl methyl sites for hydroxylation is 1. The van der Waals surface area contributed by atoms with Gasteiger partial charge in [0.05, 0.1) is 6.61 Å². The minimum atomic E-state index is -0.0203. The fourth-order valence-electron chi connectivity index (χ4n) is 2.10. The topological polar surface area (TPSA) is 32.3 Å². The second-order valence-electron chi connectivity index (χ2n) is 4.73. The molecule has 0 saturated heterocycles. The van der Waals surface area contributed by atoms with E-state index in [1.54, 1.807) is 0 Å². The van der Waals surface area contributed by atoms with Gasteiger partial charge >= 0.3 is 0 Å². The monoisotopic (exact) mass is 239 g/mol. The molecule has 0 aliphatic heterocycles. The van der Waals surface area contributed by atoms with Gasteiger partial charge in [0.1, 0.15) is 0 Å². The average molecular weight is 240 g/mol. The van der Waals surface area contributed by atoms with Crippen LogP contribution in [0.25, 0.3) is 0 Å². The molecule has 88 valence electrons. The molecule has 1 aliphatic rings. The molecule has 2 nitrogen and oxygen atoms in total. The van der Waals surface area contributed by atoms with Crippen LogP contribution in [0, 0.1) is 6.92 Å². The number of aliphatic hydroxyl groups excluding tert-OH is 1. The first-order valence-corrected chi connectivity index (χ1v) is 6.14. The van der Waals surface area contributed by atoms with Crippen molar-refractivity contribution in [2.24, 2.45) is 0 Å². The van der Waals surface area contributed by atoms with Crippen LogP contribution in [0.4, 0.5) is 0 Å². The maximum atomic E-state index is 9.33. The van der Waals surface area contributed by atoms with Gasteiger partial charge in [-0.05, 0) is 43.4 Å². The second-order valence-corrected chi connectivity index (χ2v) is 5.14. The predicted octanol–water partition coefficient (Wildman–Crippen LogP) is 2.65. The van der Waals surface area contributed by atoms with Crippen LogP contribution in [-0.2, 0) is 6.54 Å². The highest BCUT2D eigenvalue weighted by atomic mass is 35.5. The van der Waals surface area contributed by atoms with Crippen molar-refractivity contribution >= 4 is 11.6 Å². The average Bonchev–Trinajstić information content (AvgIpc) is 2.22. The van der Waals surface area contributed by atoms with Crippen molar-refractivity contribution in [1.82, 2.24) is 5.32 Å². The first kappa shape index (κ1) is 11.9. The van der Waals surface area contributed by atoms with Crippen LogP contribution in [0.2, 0.25) is 5.02 Å². The fourth-order valence-corrected chi connectivity index (χ4v) is 2.22. The quantitative estimate of drug-likeness (QED) is 0.847. The number of halogens is 1. The van der Waals surface area contributed by atoms with E-state index in [-0.39, 0.29) is 12.1 Å². The van der Waals surface area contributed by atoms with Gasteiger partial charge in [-0.1, -0.05) is 23.7 Å². The van der Waals surface area contributed by atoms with E-state index < -0.39 is 0 Å². The van der Waals surface area contributed by atoms with Crippen molar-refractivity contribution in [3.63, 3.8) is 0 Å². The molecule has 16 heavy (non-hydrogen) atoms. The van der Waals surface area contributed by atoms with E-state index in [1.165, 1.54) is 12.0 Å². The van der Waals surface area contributed by atoms with Crippen LogP contribution in [-0.4, -0.2) is 17.3 Å². The van der Waals surface area contributed by atoms with Gasteiger partial charge in [-0.25, -0.2) is 0 Å². The Labute approximate surface area is 102 Å². The van der Waals surface area contributed by atoms with Crippen molar-refractivity contribution in [2.45, 2.75) is 38.3 Å². The predicted molar refractivity (Wildman–Crippen MR) is 66.7 cm³/mol. The molecule has 1 aromatic rings. The standard InChI is InChI=1S/C13H18ClNO/c1-10-7-11(3-4-12(10)14)8-15-13(9-16)5-2-6-13/h3-4,7,15-16H,2,5-6,8-9H2,1H3. The molecule has 0 bridgehead atoms. The molecule has 0 unspecified atom stereocenters. The molecule has 3 heteroatoms. The number of aliphatic hydroxyl groups is 1. The van der Waals surface area contributed by atoms with E-state index in [4.69, 9.17) is 11.6 Å². The molecule has 0 spiro atoms. The lowest BCUT2D eigenvalue weighted by Gasteiger charge is -2.41. The van der Waals surface area contributed by atoms with Crippen LogP contribution < -0.4 is 5.32 Å². The summed E-state index contributed by atoms with van der Waals surface area (Å²) in [6, 6.07) is 6.06. The summed E-state index contributed by atoms with van der Waals surface area (Å²) < 4.78 is 0. The third-order valence-corrected chi connectivity index (χ3v) is 3.93. The fraction of sp³-hybridized carbons (Fsp3) is 0.538. The molecule has 1 fully saturated rings. The van der Waals surface area contributed by atoms with Gasteiger partial charge in [0.2, 0.25) is 0 Å². The summed E-state index contributed by atoms with van der Waals surface area (Å²) in [5.74, 6) is 0. The van der Waals surface area contributed by atoms with E-state index >= 15 is 0 Å². The molecular formula is C13H18ClNO. The molecule has 0 aromatic heterocycles. The molecule has 1 aromatic carbocycles.